The van der Waals surface area contributed by atoms with Crippen LogP contribution in [0.4, 0.5) is 0 Å². The molecule has 0 radical (unpaired) electrons. The van der Waals surface area contributed by atoms with E-state index >= 15 is 0 Å². The van der Waals surface area contributed by atoms with Gasteiger partial charge in [-0.2, -0.15) is 0 Å². The molecule has 0 unspecified atom stereocenters. The number of hydrogen-bond acceptors (Lipinski definition) is 6. The van der Waals surface area contributed by atoms with Crippen LogP contribution in [0.15, 0.2) is 50.9 Å². The third kappa shape index (κ3) is 4.32. The molecule has 0 atom stereocenters. The minimum atomic E-state index is -1.33. The first kappa shape index (κ1) is 17.3. The third-order valence-electron chi connectivity index (χ3n) is 3.26. The molecule has 0 aliphatic rings. The number of aromatic nitrogens is 3. The molecule has 8 heteroatoms. The van der Waals surface area contributed by atoms with Crippen molar-refractivity contribution in [3.05, 3.63) is 57.9 Å². The molecule has 6 nitrogen and oxygen atoms in total. The van der Waals surface area contributed by atoms with Gasteiger partial charge in [-0.3, -0.25) is 5.10 Å². The summed E-state index contributed by atoms with van der Waals surface area (Å²) in [6.07, 6.45) is 2.06. The van der Waals surface area contributed by atoms with Crippen molar-refractivity contribution in [3.8, 4) is 11.3 Å². The number of furan rings is 1. The summed E-state index contributed by atoms with van der Waals surface area (Å²) in [6, 6.07) is 10.6. The molecule has 0 aliphatic heterocycles. The predicted molar refractivity (Wildman–Crippen MR) is 93.8 cm³/mol. The number of aryl methyl sites for hydroxylation is 1. The molecule has 0 spiro atoms. The number of aromatic amines is 1. The highest BCUT2D eigenvalue weighted by molar-refractivity contribution is 8.04. The van der Waals surface area contributed by atoms with Gasteiger partial charge >= 0.3 is 0 Å². The second-order valence-corrected chi connectivity index (χ2v) is 6.47. The van der Waals surface area contributed by atoms with E-state index in [9.17, 15) is 9.90 Å². The Morgan fingerprint density at radius 1 is 1.40 bits per heavy atom. The Morgan fingerprint density at radius 2 is 2.24 bits per heavy atom. The second-order valence-electron chi connectivity index (χ2n) is 5.03. The van der Waals surface area contributed by atoms with Gasteiger partial charge in [0.25, 0.3) is 0 Å². The number of nitrogens with zero attached hydrogens (tertiary/aromatic N) is 2. The fraction of sp³-hybridized carbons (Fsp3) is 0.118. The normalized spacial score (nSPS) is 11.7. The number of H-pyrrole nitrogens is 1. The number of carbonyl (C=O) groups excluding carboxylic acids is 1. The van der Waals surface area contributed by atoms with Crippen LogP contribution in [-0.2, 0) is 11.2 Å². The molecule has 0 amide bonds. The Balaban J connectivity index is 1.84. The van der Waals surface area contributed by atoms with Crippen molar-refractivity contribution >= 4 is 35.4 Å². The number of nitrogens with one attached hydrogen (secondary N) is 1. The first-order valence-electron chi connectivity index (χ1n) is 7.43. The molecule has 0 saturated heterocycles. The van der Waals surface area contributed by atoms with E-state index in [1.807, 2.05) is 19.1 Å². The Labute approximate surface area is 152 Å². The third-order valence-corrected chi connectivity index (χ3v) is 4.36. The molecule has 1 N–H and O–H groups in total. The molecule has 0 fully saturated rings. The predicted octanol–water partition coefficient (Wildman–Crippen LogP) is 3.16. The van der Waals surface area contributed by atoms with E-state index in [-0.39, 0.29) is 4.91 Å². The van der Waals surface area contributed by atoms with Gasteiger partial charge in [0.15, 0.2) is 0 Å². The van der Waals surface area contributed by atoms with Crippen LogP contribution in [0.1, 0.15) is 18.5 Å². The first-order valence-corrected chi connectivity index (χ1v) is 8.62. The zero-order chi connectivity index (χ0) is 17.8. The van der Waals surface area contributed by atoms with Gasteiger partial charge in [0.1, 0.15) is 17.3 Å². The molecule has 1 aromatic carbocycles. The highest BCUT2D eigenvalue weighted by atomic mass is 35.5. The minimum Gasteiger partial charge on any atom is -0.544 e. The van der Waals surface area contributed by atoms with E-state index < -0.39 is 5.97 Å². The number of carboxylic acid groups (broad SMARTS) is 1. The monoisotopic (exact) mass is 374 g/mol. The molecule has 2 aromatic heterocycles. The summed E-state index contributed by atoms with van der Waals surface area (Å²) in [5.74, 6) is 0.325. The van der Waals surface area contributed by atoms with Crippen molar-refractivity contribution in [3.63, 3.8) is 0 Å². The van der Waals surface area contributed by atoms with Crippen LogP contribution in [0.25, 0.3) is 17.4 Å². The zero-order valence-electron chi connectivity index (χ0n) is 13.2. The fourth-order valence-electron chi connectivity index (χ4n) is 2.07. The number of hydrogen-bond donors (Lipinski definition) is 1. The Kier molecular flexibility index (Phi) is 5.25. The van der Waals surface area contributed by atoms with E-state index in [0.717, 1.165) is 17.3 Å². The summed E-state index contributed by atoms with van der Waals surface area (Å²) in [6.45, 7) is 1.92. The van der Waals surface area contributed by atoms with Gasteiger partial charge in [-0.15, -0.1) is 5.10 Å². The molecule has 3 rings (SSSR count). The lowest BCUT2D eigenvalue weighted by atomic mass is 10.2. The van der Waals surface area contributed by atoms with E-state index in [4.69, 9.17) is 16.0 Å². The van der Waals surface area contributed by atoms with Crippen LogP contribution < -0.4 is 5.11 Å². The van der Waals surface area contributed by atoms with Crippen LogP contribution in [0.5, 0.6) is 0 Å². The zero-order valence-corrected chi connectivity index (χ0v) is 14.7. The average Bonchev–Trinajstić information content (AvgIpc) is 3.23. The van der Waals surface area contributed by atoms with E-state index in [1.165, 1.54) is 6.08 Å². The fourth-order valence-corrected chi connectivity index (χ4v) is 2.96. The lowest BCUT2D eigenvalue weighted by Gasteiger charge is -2.04. The highest BCUT2D eigenvalue weighted by Crippen LogP contribution is 2.29. The first-order chi connectivity index (χ1) is 12.0. The van der Waals surface area contributed by atoms with Crippen molar-refractivity contribution in [2.45, 2.75) is 18.5 Å². The van der Waals surface area contributed by atoms with Gasteiger partial charge in [0.05, 0.1) is 5.97 Å². The molecule has 0 aliphatic carbocycles. The van der Waals surface area contributed by atoms with Crippen molar-refractivity contribution in [1.82, 2.24) is 15.2 Å². The van der Waals surface area contributed by atoms with Gasteiger partial charge < -0.3 is 14.3 Å². The van der Waals surface area contributed by atoms with Crippen molar-refractivity contribution in [1.29, 1.82) is 0 Å². The lowest BCUT2D eigenvalue weighted by molar-refractivity contribution is -0.298. The number of benzene rings is 1. The van der Waals surface area contributed by atoms with Crippen molar-refractivity contribution < 1.29 is 14.3 Å². The molecular formula is C17H13ClN3O3S-. The van der Waals surface area contributed by atoms with Crippen LogP contribution >= 0.6 is 23.4 Å². The Morgan fingerprint density at radius 3 is 2.92 bits per heavy atom. The van der Waals surface area contributed by atoms with E-state index in [0.29, 0.717) is 33.9 Å². The Bertz CT molecular complexity index is 933. The number of rotatable bonds is 6. The van der Waals surface area contributed by atoms with Gasteiger partial charge in [0, 0.05) is 21.9 Å². The summed E-state index contributed by atoms with van der Waals surface area (Å²) in [5, 5.41) is 19.0. The molecular weight excluding hydrogens is 362 g/mol. The van der Waals surface area contributed by atoms with Gasteiger partial charge in [-0.1, -0.05) is 30.7 Å². The van der Waals surface area contributed by atoms with Crippen LogP contribution in [-0.4, -0.2) is 21.2 Å². The molecule has 0 bridgehead atoms. The van der Waals surface area contributed by atoms with Crippen LogP contribution in [0.3, 0.4) is 0 Å². The highest BCUT2D eigenvalue weighted by Gasteiger charge is 2.10. The average molecular weight is 375 g/mol. The molecule has 128 valence electrons. The van der Waals surface area contributed by atoms with Crippen LogP contribution in [0, 0.1) is 0 Å². The number of thioether (sulfide) groups is 1. The van der Waals surface area contributed by atoms with E-state index in [1.54, 1.807) is 24.3 Å². The standard InChI is InChI=1S/C17H14ClN3O3S/c1-2-15-19-17(21-20-15)25-14(16(22)23)9-12-6-7-13(24-12)10-4-3-5-11(18)8-10/h3-9H,2H2,1H3,(H,22,23)(H,19,20,21)/p-1/b14-9+. The minimum absolute atomic E-state index is 0.0475. The quantitative estimate of drug-likeness (QED) is 0.526. The number of aliphatic carboxylic acids is 1. The number of halogens is 1. The molecule has 2 heterocycles. The molecule has 3 aromatic rings. The van der Waals surface area contributed by atoms with Gasteiger partial charge in [-0.25, -0.2) is 4.98 Å². The maximum atomic E-state index is 11.4. The summed E-state index contributed by atoms with van der Waals surface area (Å²) < 4.78 is 5.68. The van der Waals surface area contributed by atoms with E-state index in [2.05, 4.69) is 15.2 Å². The topological polar surface area (TPSA) is 94.8 Å². The maximum absolute atomic E-state index is 11.4. The maximum Gasteiger partial charge on any atom is 0.213 e. The largest absolute Gasteiger partial charge is 0.544 e. The second kappa shape index (κ2) is 7.58. The van der Waals surface area contributed by atoms with Crippen LogP contribution in [0.2, 0.25) is 5.02 Å². The van der Waals surface area contributed by atoms with Gasteiger partial charge in [-0.05, 0) is 42.1 Å². The van der Waals surface area contributed by atoms with Gasteiger partial charge in [0.2, 0.25) is 5.16 Å². The lowest BCUT2D eigenvalue weighted by Crippen LogP contribution is -2.23. The summed E-state index contributed by atoms with van der Waals surface area (Å²) in [5.41, 5.74) is 0.802. The number of carbonyl (C=O) groups is 1. The molecule has 0 saturated carbocycles. The summed E-state index contributed by atoms with van der Waals surface area (Å²) >= 11 is 6.87. The SMILES string of the molecule is CCc1nc(S/C(=C/c2ccc(-c3cccc(Cl)c3)o2)C(=O)[O-])n[nH]1. The van der Waals surface area contributed by atoms with Crippen molar-refractivity contribution in [2.24, 2.45) is 0 Å². The Hall–Kier alpha value is -2.51. The van der Waals surface area contributed by atoms with Crippen molar-refractivity contribution in [2.75, 3.05) is 0 Å². The smallest absolute Gasteiger partial charge is 0.213 e. The molecule has 25 heavy (non-hydrogen) atoms. The number of carboxylic acids is 1. The summed E-state index contributed by atoms with van der Waals surface area (Å²) in [4.78, 5) is 15.5. The summed E-state index contributed by atoms with van der Waals surface area (Å²) in [7, 11) is 0.